The summed E-state index contributed by atoms with van der Waals surface area (Å²) in [6.45, 7) is 0. The fourth-order valence-corrected chi connectivity index (χ4v) is 1.98. The average Bonchev–Trinajstić information content (AvgIpc) is 2.42. The van der Waals surface area contributed by atoms with Gasteiger partial charge in [-0.1, -0.05) is 0 Å². The molecule has 0 unspecified atom stereocenters. The molecule has 32 heavy (non-hydrogen) atoms. The van der Waals surface area contributed by atoms with Gasteiger partial charge in [-0.3, -0.25) is 19.2 Å². The van der Waals surface area contributed by atoms with Gasteiger partial charge in [-0.2, -0.15) is 0 Å². The van der Waals surface area contributed by atoms with E-state index in [0.717, 1.165) is 0 Å². The van der Waals surface area contributed by atoms with Crippen molar-refractivity contribution in [2.24, 2.45) is 0 Å². The van der Waals surface area contributed by atoms with Crippen molar-refractivity contribution < 1.29 is 73.7 Å². The molecule has 0 atom stereocenters. The van der Waals surface area contributed by atoms with Crippen LogP contribution in [0.5, 0.6) is 0 Å². The van der Waals surface area contributed by atoms with Gasteiger partial charge in [-0.15, -0.1) is 0 Å². The molecule has 176 valence electrons. The molecular formula is C13H22N2Na2O15. The van der Waals surface area contributed by atoms with Gasteiger partial charge in [0.1, 0.15) is 0 Å². The zero-order chi connectivity index (χ0) is 22.3. The summed E-state index contributed by atoms with van der Waals surface area (Å²) in [7, 11) is 0. The number of carboxylic acid groups (broad SMARTS) is 6. The van der Waals surface area contributed by atoms with Crippen molar-refractivity contribution in [1.29, 1.82) is 0 Å². The predicted molar refractivity (Wildman–Crippen MR) is 102 cm³/mol. The second-order valence-corrected chi connectivity index (χ2v) is 5.34. The third-order valence-corrected chi connectivity index (χ3v) is 3.08. The van der Waals surface area contributed by atoms with Crippen molar-refractivity contribution in [2.75, 3.05) is 0 Å². The molecule has 0 heterocycles. The van der Waals surface area contributed by atoms with Gasteiger partial charge in [-0.25, -0.2) is 14.4 Å². The summed E-state index contributed by atoms with van der Waals surface area (Å²) in [4.78, 5) is 77.8. The van der Waals surface area contributed by atoms with Gasteiger partial charge in [0.2, 0.25) is 11.2 Å². The van der Waals surface area contributed by atoms with Gasteiger partial charge in [0.25, 0.3) is 0 Å². The number of rotatable bonds is 12. The maximum absolute atomic E-state index is 11.9. The van der Waals surface area contributed by atoms with E-state index < -0.39 is 78.9 Å². The van der Waals surface area contributed by atoms with Crippen LogP contribution in [0.3, 0.4) is 0 Å². The van der Waals surface area contributed by atoms with Crippen LogP contribution in [0.4, 0.5) is 4.79 Å². The quantitative estimate of drug-likeness (QED) is 0.105. The van der Waals surface area contributed by atoms with E-state index in [4.69, 9.17) is 30.6 Å². The van der Waals surface area contributed by atoms with Crippen molar-refractivity contribution in [3.8, 4) is 0 Å². The Kier molecular flexibility index (Phi) is 21.0. The van der Waals surface area contributed by atoms with Crippen molar-refractivity contribution in [3.63, 3.8) is 0 Å². The molecule has 12 N–H and O–H groups in total. The van der Waals surface area contributed by atoms with Gasteiger partial charge in [0, 0.05) is 0 Å². The Labute approximate surface area is 222 Å². The van der Waals surface area contributed by atoms with Gasteiger partial charge < -0.3 is 52.4 Å². The molecule has 0 aliphatic rings. The SMILES string of the molecule is N.N.O=C(O)CC(CC(=O)O)(OC(=O)OC(CC(=O)O)(CC(=O)O)C(=O)O)C(=O)O.[NaH].[NaH]. The van der Waals surface area contributed by atoms with Crippen LogP contribution >= 0.6 is 0 Å². The van der Waals surface area contributed by atoms with E-state index in [2.05, 4.69) is 9.47 Å². The maximum atomic E-state index is 11.9. The van der Waals surface area contributed by atoms with Crippen molar-refractivity contribution in [1.82, 2.24) is 12.3 Å². The Morgan fingerprint density at radius 2 is 0.688 bits per heavy atom. The molecule has 0 spiro atoms. The third-order valence-electron chi connectivity index (χ3n) is 3.08. The van der Waals surface area contributed by atoms with Crippen LogP contribution in [0.25, 0.3) is 0 Å². The van der Waals surface area contributed by atoms with E-state index in [0.29, 0.717) is 0 Å². The summed E-state index contributed by atoms with van der Waals surface area (Å²) in [5.74, 6) is -12.2. The molecule has 0 radical (unpaired) electrons. The summed E-state index contributed by atoms with van der Waals surface area (Å²) in [5, 5.41) is 53.2. The van der Waals surface area contributed by atoms with Crippen LogP contribution in [0.15, 0.2) is 0 Å². The second-order valence-electron chi connectivity index (χ2n) is 5.34. The van der Waals surface area contributed by atoms with Crippen molar-refractivity contribution in [3.05, 3.63) is 0 Å². The van der Waals surface area contributed by atoms with Crippen molar-refractivity contribution >= 4 is 101 Å². The van der Waals surface area contributed by atoms with Crippen LogP contribution in [0, 0.1) is 0 Å². The standard InChI is InChI=1S/C13H14O15.2H3N.2Na.2H/c14-5(15)1-12(9(22)23,2-6(16)17)27-11(26)28-13(10(24)25,3-7(18)19)4-8(20)21;;;;;;/h1-4H2,(H,14,15)(H,16,17)(H,18,19)(H,20,21)(H,22,23)(H,24,25);2*1H3;;;;. The van der Waals surface area contributed by atoms with Gasteiger partial charge in [-0.05, 0) is 0 Å². The summed E-state index contributed by atoms with van der Waals surface area (Å²) < 4.78 is 8.44. The Bertz CT molecular complexity index is 636. The Morgan fingerprint density at radius 3 is 0.812 bits per heavy atom. The Morgan fingerprint density at radius 1 is 0.500 bits per heavy atom. The molecule has 0 aromatic rings. The topological polar surface area (TPSA) is 329 Å². The van der Waals surface area contributed by atoms with Crippen LogP contribution < -0.4 is 12.3 Å². The Balaban J connectivity index is -0.000000607. The molecule has 19 heteroatoms. The summed E-state index contributed by atoms with van der Waals surface area (Å²) in [5.41, 5.74) is -6.49. The summed E-state index contributed by atoms with van der Waals surface area (Å²) in [6, 6.07) is 0. The number of hydrogen-bond acceptors (Lipinski definition) is 11. The molecule has 0 aromatic carbocycles. The van der Waals surface area contributed by atoms with Gasteiger partial charge in [0.15, 0.2) is 0 Å². The van der Waals surface area contributed by atoms with Crippen LogP contribution in [0.1, 0.15) is 25.7 Å². The van der Waals surface area contributed by atoms with Gasteiger partial charge in [0.05, 0.1) is 25.7 Å². The fourth-order valence-electron chi connectivity index (χ4n) is 1.98. The fraction of sp³-hybridized carbons (Fsp3) is 0.462. The van der Waals surface area contributed by atoms with E-state index in [1.165, 1.54) is 0 Å². The molecular weight excluding hydrogens is 470 g/mol. The first kappa shape index (κ1) is 40.4. The second kappa shape index (κ2) is 16.6. The molecule has 17 nitrogen and oxygen atoms in total. The molecule has 0 rings (SSSR count). The molecule has 0 aromatic heterocycles. The van der Waals surface area contributed by atoms with Crippen molar-refractivity contribution in [2.45, 2.75) is 36.9 Å². The number of carbonyl (C=O) groups is 7. The molecule has 0 bridgehead atoms. The number of aliphatic carboxylic acids is 6. The van der Waals surface area contributed by atoms with Crippen LogP contribution in [-0.2, 0) is 38.2 Å². The Hall–Kier alpha value is -1.99. The molecule has 0 aliphatic carbocycles. The molecule has 0 saturated carbocycles. The number of ether oxygens (including phenoxy) is 2. The number of hydrogen-bond donors (Lipinski definition) is 8. The molecule has 0 aliphatic heterocycles. The summed E-state index contributed by atoms with van der Waals surface area (Å²) in [6.07, 6.45) is -8.62. The van der Waals surface area contributed by atoms with Gasteiger partial charge >= 0.3 is 101 Å². The average molecular weight is 492 g/mol. The minimum atomic E-state index is -3.24. The zero-order valence-electron chi connectivity index (χ0n) is 15.1. The first-order chi connectivity index (χ1) is 12.7. The van der Waals surface area contributed by atoms with Crippen LogP contribution in [-0.4, -0.2) is 143 Å². The van der Waals surface area contributed by atoms with E-state index in [9.17, 15) is 33.6 Å². The summed E-state index contributed by atoms with van der Waals surface area (Å²) >= 11 is 0. The van der Waals surface area contributed by atoms with E-state index >= 15 is 0 Å². The minimum absolute atomic E-state index is 0. The molecule has 0 saturated heterocycles. The monoisotopic (exact) mass is 492 g/mol. The predicted octanol–water partition coefficient (Wildman–Crippen LogP) is -2.29. The zero-order valence-corrected chi connectivity index (χ0v) is 15.1. The molecule has 0 fully saturated rings. The normalized spacial score (nSPS) is 9.75. The number of carbonyl (C=O) groups excluding carboxylic acids is 1. The third kappa shape index (κ3) is 12.8. The van der Waals surface area contributed by atoms with E-state index in [-0.39, 0.29) is 71.4 Å². The molecule has 0 amide bonds. The van der Waals surface area contributed by atoms with E-state index in [1.807, 2.05) is 0 Å². The first-order valence-corrected chi connectivity index (χ1v) is 6.92. The number of carboxylic acids is 6. The van der Waals surface area contributed by atoms with Crippen LogP contribution in [0.2, 0.25) is 0 Å². The first-order valence-electron chi connectivity index (χ1n) is 6.92. The van der Waals surface area contributed by atoms with E-state index in [1.54, 1.807) is 0 Å².